The Morgan fingerprint density at radius 1 is 1.00 bits per heavy atom. The summed E-state index contributed by atoms with van der Waals surface area (Å²) in [5, 5.41) is 12.0. The zero-order valence-electron chi connectivity index (χ0n) is 16.2. The lowest BCUT2D eigenvalue weighted by molar-refractivity contribution is 0.395. The second-order valence-corrected chi connectivity index (χ2v) is 6.99. The van der Waals surface area contributed by atoms with Gasteiger partial charge in [0.15, 0.2) is 0 Å². The fourth-order valence-corrected chi connectivity index (χ4v) is 3.19. The first-order valence-electron chi connectivity index (χ1n) is 9.35. The van der Waals surface area contributed by atoms with Crippen LogP contribution >= 0.6 is 0 Å². The Bertz CT molecular complexity index is 1040. The van der Waals surface area contributed by atoms with Gasteiger partial charge in [0.25, 0.3) is 0 Å². The van der Waals surface area contributed by atoms with E-state index in [0.717, 1.165) is 16.8 Å². The highest BCUT2D eigenvalue weighted by Crippen LogP contribution is 2.24. The lowest BCUT2D eigenvalue weighted by Crippen LogP contribution is -2.22. The maximum absolute atomic E-state index is 5.90. The highest BCUT2D eigenvalue weighted by Gasteiger charge is 2.18. The van der Waals surface area contributed by atoms with Crippen molar-refractivity contribution >= 4 is 0 Å². The molecule has 28 heavy (non-hydrogen) atoms. The molecule has 0 fully saturated rings. The Kier molecular flexibility index (Phi) is 5.04. The standard InChI is InChI=1S/C22H23N5O/c1-15-5-4-6-19(13-15)22-26-25-21(28-22)17(3)24-16(2)18-7-9-20(10-8-18)27-12-11-23-14-27/h4-14,16-17,24H,1-3H3. The fraction of sp³-hybridized carbons (Fsp3) is 0.227. The van der Waals surface area contributed by atoms with Crippen molar-refractivity contribution in [2.45, 2.75) is 32.9 Å². The molecule has 142 valence electrons. The molecule has 0 saturated heterocycles. The van der Waals surface area contributed by atoms with E-state index in [-0.39, 0.29) is 12.1 Å². The van der Waals surface area contributed by atoms with Gasteiger partial charge in [-0.25, -0.2) is 4.98 Å². The van der Waals surface area contributed by atoms with E-state index >= 15 is 0 Å². The van der Waals surface area contributed by atoms with Crippen molar-refractivity contribution < 1.29 is 4.42 Å². The van der Waals surface area contributed by atoms with Crippen LogP contribution in [0.5, 0.6) is 0 Å². The molecule has 6 heteroatoms. The molecule has 2 aromatic heterocycles. The van der Waals surface area contributed by atoms with Crippen LogP contribution < -0.4 is 5.32 Å². The zero-order valence-corrected chi connectivity index (χ0v) is 16.2. The first-order chi connectivity index (χ1) is 13.6. The van der Waals surface area contributed by atoms with Crippen LogP contribution in [-0.2, 0) is 0 Å². The summed E-state index contributed by atoms with van der Waals surface area (Å²) in [6, 6.07) is 16.5. The van der Waals surface area contributed by atoms with Gasteiger partial charge in [0, 0.05) is 29.7 Å². The second-order valence-electron chi connectivity index (χ2n) is 6.99. The summed E-state index contributed by atoms with van der Waals surface area (Å²) >= 11 is 0. The van der Waals surface area contributed by atoms with Crippen molar-refractivity contribution in [2.24, 2.45) is 0 Å². The number of imidazole rings is 1. The molecule has 0 radical (unpaired) electrons. The smallest absolute Gasteiger partial charge is 0.247 e. The van der Waals surface area contributed by atoms with Gasteiger partial charge in [0.1, 0.15) is 0 Å². The molecule has 0 aliphatic rings. The van der Waals surface area contributed by atoms with Gasteiger partial charge in [-0.15, -0.1) is 10.2 Å². The summed E-state index contributed by atoms with van der Waals surface area (Å²) in [5.74, 6) is 1.13. The highest BCUT2D eigenvalue weighted by molar-refractivity contribution is 5.53. The van der Waals surface area contributed by atoms with Crippen LogP contribution in [0, 0.1) is 6.92 Å². The third kappa shape index (κ3) is 3.87. The first kappa shape index (κ1) is 18.1. The highest BCUT2D eigenvalue weighted by atomic mass is 16.4. The number of nitrogens with one attached hydrogen (secondary N) is 1. The van der Waals surface area contributed by atoms with E-state index in [4.69, 9.17) is 4.42 Å². The molecule has 0 aliphatic heterocycles. The molecule has 0 saturated carbocycles. The summed E-state index contributed by atoms with van der Waals surface area (Å²) in [6.07, 6.45) is 5.50. The molecule has 0 spiro atoms. The summed E-state index contributed by atoms with van der Waals surface area (Å²) in [4.78, 5) is 4.08. The van der Waals surface area contributed by atoms with E-state index in [2.05, 4.69) is 51.7 Å². The van der Waals surface area contributed by atoms with E-state index in [1.807, 2.05) is 48.9 Å². The minimum Gasteiger partial charge on any atom is -0.419 e. The number of rotatable bonds is 6. The monoisotopic (exact) mass is 373 g/mol. The van der Waals surface area contributed by atoms with E-state index in [1.54, 1.807) is 12.5 Å². The molecule has 0 bridgehead atoms. The fourth-order valence-electron chi connectivity index (χ4n) is 3.19. The summed E-state index contributed by atoms with van der Waals surface area (Å²) in [7, 11) is 0. The van der Waals surface area contributed by atoms with Crippen molar-refractivity contribution in [1.82, 2.24) is 25.1 Å². The maximum Gasteiger partial charge on any atom is 0.247 e. The van der Waals surface area contributed by atoms with Crippen molar-refractivity contribution in [2.75, 3.05) is 0 Å². The molecule has 2 unspecified atom stereocenters. The molecular weight excluding hydrogens is 350 g/mol. The van der Waals surface area contributed by atoms with Crippen LogP contribution in [0.2, 0.25) is 0 Å². The Morgan fingerprint density at radius 2 is 1.82 bits per heavy atom. The Hall–Kier alpha value is -3.25. The van der Waals surface area contributed by atoms with Crippen molar-refractivity contribution in [3.63, 3.8) is 0 Å². The first-order valence-corrected chi connectivity index (χ1v) is 9.35. The number of hydrogen-bond donors (Lipinski definition) is 1. The normalized spacial score (nSPS) is 13.4. The Balaban J connectivity index is 1.44. The van der Waals surface area contributed by atoms with Crippen LogP contribution in [-0.4, -0.2) is 19.7 Å². The minimum absolute atomic E-state index is 0.0608. The van der Waals surface area contributed by atoms with Gasteiger partial charge in [-0.05, 0) is 50.6 Å². The van der Waals surface area contributed by atoms with Crippen molar-refractivity contribution in [3.8, 4) is 17.1 Å². The van der Waals surface area contributed by atoms with E-state index in [9.17, 15) is 0 Å². The SMILES string of the molecule is Cc1cccc(-c2nnc(C(C)NC(C)c3ccc(-n4ccnc4)cc3)o2)c1. The Labute approximate surface area is 164 Å². The molecule has 2 atom stereocenters. The van der Waals surface area contributed by atoms with Gasteiger partial charge in [-0.1, -0.05) is 29.8 Å². The second kappa shape index (κ2) is 7.78. The molecule has 2 aromatic carbocycles. The van der Waals surface area contributed by atoms with E-state index in [0.29, 0.717) is 11.8 Å². The van der Waals surface area contributed by atoms with Crippen molar-refractivity contribution in [3.05, 3.63) is 84.3 Å². The topological polar surface area (TPSA) is 68.8 Å². The number of aryl methyl sites for hydroxylation is 1. The molecule has 4 rings (SSSR count). The van der Waals surface area contributed by atoms with Crippen molar-refractivity contribution in [1.29, 1.82) is 0 Å². The summed E-state index contributed by atoms with van der Waals surface area (Å²) in [5.41, 5.74) is 4.38. The maximum atomic E-state index is 5.90. The number of benzene rings is 2. The van der Waals surface area contributed by atoms with Crippen LogP contribution in [0.25, 0.3) is 17.1 Å². The van der Waals surface area contributed by atoms with Gasteiger partial charge in [-0.3, -0.25) is 5.32 Å². The van der Waals surface area contributed by atoms with E-state index in [1.165, 1.54) is 5.56 Å². The third-order valence-electron chi connectivity index (χ3n) is 4.77. The number of aromatic nitrogens is 4. The van der Waals surface area contributed by atoms with Crippen LogP contribution in [0.15, 0.2) is 71.7 Å². The van der Waals surface area contributed by atoms with E-state index < -0.39 is 0 Å². The third-order valence-corrected chi connectivity index (χ3v) is 4.77. The molecule has 4 aromatic rings. The van der Waals surface area contributed by atoms with Crippen LogP contribution in [0.1, 0.15) is 42.9 Å². The lowest BCUT2D eigenvalue weighted by Gasteiger charge is -2.18. The molecule has 2 heterocycles. The average Bonchev–Trinajstić information content (AvgIpc) is 3.40. The quantitative estimate of drug-likeness (QED) is 0.533. The largest absolute Gasteiger partial charge is 0.419 e. The number of nitrogens with zero attached hydrogens (tertiary/aromatic N) is 4. The lowest BCUT2D eigenvalue weighted by atomic mass is 10.1. The summed E-state index contributed by atoms with van der Waals surface area (Å²) in [6.45, 7) is 6.20. The molecule has 0 amide bonds. The Morgan fingerprint density at radius 3 is 2.54 bits per heavy atom. The molecule has 0 aliphatic carbocycles. The van der Waals surface area contributed by atoms with Gasteiger partial charge >= 0.3 is 0 Å². The van der Waals surface area contributed by atoms with Gasteiger partial charge < -0.3 is 8.98 Å². The minimum atomic E-state index is -0.0608. The van der Waals surface area contributed by atoms with Crippen LogP contribution in [0.3, 0.4) is 0 Å². The van der Waals surface area contributed by atoms with Gasteiger partial charge in [0.05, 0.1) is 12.4 Å². The molecular formula is C22H23N5O. The predicted molar refractivity (Wildman–Crippen MR) is 108 cm³/mol. The van der Waals surface area contributed by atoms with Gasteiger partial charge in [0.2, 0.25) is 11.8 Å². The molecule has 1 N–H and O–H groups in total. The zero-order chi connectivity index (χ0) is 19.5. The average molecular weight is 373 g/mol. The predicted octanol–water partition coefficient (Wildman–Crippen LogP) is 4.64. The summed E-state index contributed by atoms with van der Waals surface area (Å²) < 4.78 is 7.88. The molecule has 6 nitrogen and oxygen atoms in total. The number of hydrogen-bond acceptors (Lipinski definition) is 5. The van der Waals surface area contributed by atoms with Crippen LogP contribution in [0.4, 0.5) is 0 Å². The van der Waals surface area contributed by atoms with Gasteiger partial charge in [-0.2, -0.15) is 0 Å².